The molecule has 1 amide bonds. The lowest BCUT2D eigenvalue weighted by Crippen LogP contribution is -2.19. The highest BCUT2D eigenvalue weighted by atomic mass is 32.3. The Kier molecular flexibility index (Phi) is 5.72. The summed E-state index contributed by atoms with van der Waals surface area (Å²) in [7, 11) is -2.43. The van der Waals surface area contributed by atoms with Gasteiger partial charge in [-0.2, -0.15) is 10.6 Å². The van der Waals surface area contributed by atoms with Gasteiger partial charge in [0.2, 0.25) is 0 Å². The Morgan fingerprint density at radius 2 is 2.03 bits per heavy atom. The molecule has 5 N–H and O–H groups in total. The number of nitrogens with one attached hydrogen (secondary N) is 1. The summed E-state index contributed by atoms with van der Waals surface area (Å²) in [5.41, 5.74) is 10.0. The van der Waals surface area contributed by atoms with Gasteiger partial charge in [-0.3, -0.25) is 13.9 Å². The normalized spacial score (nSPS) is 18.2. The zero-order valence-corrected chi connectivity index (χ0v) is 17.9. The SMILES string of the molecule is CCOCc1cc(-c2cc(C(N)=O)c3[nH]cc(C4CCS(O)(O)CC4)c3c2)cs1. The van der Waals surface area contributed by atoms with Crippen LogP contribution in [0.5, 0.6) is 0 Å². The van der Waals surface area contributed by atoms with E-state index >= 15 is 0 Å². The molecule has 0 spiro atoms. The first-order valence-electron chi connectivity index (χ1n) is 9.72. The van der Waals surface area contributed by atoms with Crippen LogP contribution in [0.4, 0.5) is 0 Å². The van der Waals surface area contributed by atoms with Gasteiger partial charge in [-0.15, -0.1) is 11.3 Å². The Morgan fingerprint density at radius 1 is 1.28 bits per heavy atom. The van der Waals surface area contributed by atoms with Crippen molar-refractivity contribution in [2.24, 2.45) is 5.73 Å². The fraction of sp³-hybridized carbons (Fsp3) is 0.381. The summed E-state index contributed by atoms with van der Waals surface area (Å²) < 4.78 is 25.4. The minimum absolute atomic E-state index is 0.232. The van der Waals surface area contributed by atoms with Gasteiger partial charge in [0, 0.05) is 34.6 Å². The highest BCUT2D eigenvalue weighted by Gasteiger charge is 2.27. The molecule has 8 heteroatoms. The third kappa shape index (κ3) is 4.22. The first-order valence-corrected chi connectivity index (χ1v) is 12.5. The van der Waals surface area contributed by atoms with E-state index in [0.717, 1.165) is 45.3 Å². The van der Waals surface area contributed by atoms with Crippen molar-refractivity contribution in [1.29, 1.82) is 0 Å². The van der Waals surface area contributed by atoms with Crippen LogP contribution in [0.3, 0.4) is 0 Å². The number of benzene rings is 1. The third-order valence-electron chi connectivity index (χ3n) is 5.55. The van der Waals surface area contributed by atoms with E-state index in [0.29, 0.717) is 30.3 Å². The highest BCUT2D eigenvalue weighted by molar-refractivity contribution is 8.24. The molecule has 0 aliphatic carbocycles. The maximum Gasteiger partial charge on any atom is 0.250 e. The molecule has 0 bridgehead atoms. The van der Waals surface area contributed by atoms with Crippen LogP contribution in [0.2, 0.25) is 0 Å². The predicted molar refractivity (Wildman–Crippen MR) is 120 cm³/mol. The van der Waals surface area contributed by atoms with Crippen molar-refractivity contribution in [3.63, 3.8) is 0 Å². The molecule has 1 aliphatic rings. The van der Waals surface area contributed by atoms with Crippen LogP contribution in [-0.4, -0.2) is 38.1 Å². The summed E-state index contributed by atoms with van der Waals surface area (Å²) >= 11 is 1.64. The Balaban J connectivity index is 1.74. The monoisotopic (exact) mass is 434 g/mol. The Hall–Kier alpha value is -1.84. The number of thiophene rings is 1. The van der Waals surface area contributed by atoms with Crippen molar-refractivity contribution < 1.29 is 18.6 Å². The Morgan fingerprint density at radius 3 is 2.72 bits per heavy atom. The lowest BCUT2D eigenvalue weighted by molar-refractivity contribution is 0.100. The zero-order valence-electron chi connectivity index (χ0n) is 16.3. The van der Waals surface area contributed by atoms with Crippen LogP contribution in [-0.2, 0) is 11.3 Å². The van der Waals surface area contributed by atoms with Crippen molar-refractivity contribution in [1.82, 2.24) is 4.98 Å². The van der Waals surface area contributed by atoms with E-state index in [4.69, 9.17) is 10.5 Å². The number of carbonyl (C=O) groups is 1. The number of rotatable bonds is 6. The molecule has 1 saturated heterocycles. The van der Waals surface area contributed by atoms with E-state index in [1.165, 1.54) is 0 Å². The number of carbonyl (C=O) groups excluding carboxylic acids is 1. The van der Waals surface area contributed by atoms with Crippen LogP contribution in [0, 0.1) is 0 Å². The highest BCUT2D eigenvalue weighted by Crippen LogP contribution is 2.49. The fourth-order valence-corrected chi connectivity index (χ4v) is 6.34. The van der Waals surface area contributed by atoms with Crippen molar-refractivity contribution >= 4 is 38.7 Å². The molecule has 1 aromatic carbocycles. The molecular formula is C21H26N2O4S2. The lowest BCUT2D eigenvalue weighted by Gasteiger charge is -2.39. The second-order valence-electron chi connectivity index (χ2n) is 7.48. The van der Waals surface area contributed by atoms with Gasteiger partial charge < -0.3 is 15.5 Å². The van der Waals surface area contributed by atoms with E-state index < -0.39 is 16.5 Å². The van der Waals surface area contributed by atoms with Gasteiger partial charge in [-0.1, -0.05) is 0 Å². The number of primary amides is 1. The van der Waals surface area contributed by atoms with Gasteiger partial charge in [0.05, 0.1) is 17.7 Å². The standard InChI is InChI=1S/C21H26N2O4S2/c1-2-27-11-16-7-15(12-28-16)14-8-17-19(13-3-5-29(25,26)6-4-13)10-23-20(17)18(9-14)21(22)24/h7-10,12-13,23,25-26H,2-6,11H2,1H3,(H2,22,24). The number of nitrogens with two attached hydrogens (primary N) is 1. The number of amides is 1. The lowest BCUT2D eigenvalue weighted by atomic mass is 9.91. The molecule has 156 valence electrons. The van der Waals surface area contributed by atoms with E-state index in [1.807, 2.05) is 19.2 Å². The quantitative estimate of drug-likeness (QED) is 0.430. The third-order valence-corrected chi connectivity index (χ3v) is 8.24. The number of hydrogen-bond donors (Lipinski definition) is 4. The van der Waals surface area contributed by atoms with Crippen LogP contribution in [0.25, 0.3) is 22.0 Å². The molecule has 0 saturated carbocycles. The van der Waals surface area contributed by atoms with Crippen LogP contribution >= 0.6 is 21.9 Å². The second kappa shape index (κ2) is 8.12. The first-order chi connectivity index (χ1) is 13.9. The van der Waals surface area contributed by atoms with Crippen molar-refractivity contribution in [3.8, 4) is 11.1 Å². The summed E-state index contributed by atoms with van der Waals surface area (Å²) in [6, 6.07) is 6.04. The Labute approximate surface area is 175 Å². The average molecular weight is 435 g/mol. The van der Waals surface area contributed by atoms with Crippen LogP contribution < -0.4 is 5.73 Å². The predicted octanol–water partition coefficient (Wildman–Crippen LogP) is 5.16. The van der Waals surface area contributed by atoms with Gasteiger partial charge in [-0.05, 0) is 66.0 Å². The van der Waals surface area contributed by atoms with Gasteiger partial charge in [0.25, 0.3) is 5.91 Å². The zero-order chi connectivity index (χ0) is 20.6. The number of fused-ring (bicyclic) bond motifs is 1. The molecule has 6 nitrogen and oxygen atoms in total. The minimum Gasteiger partial charge on any atom is -0.376 e. The Bertz CT molecular complexity index is 1030. The molecule has 4 rings (SSSR count). The molecular weight excluding hydrogens is 408 g/mol. The molecule has 3 heterocycles. The van der Waals surface area contributed by atoms with E-state index in [9.17, 15) is 13.9 Å². The first kappa shape index (κ1) is 20.4. The molecule has 1 fully saturated rings. The average Bonchev–Trinajstić information content (AvgIpc) is 3.32. The number of hydrogen-bond acceptors (Lipinski definition) is 5. The van der Waals surface area contributed by atoms with Crippen LogP contribution in [0.15, 0.2) is 29.8 Å². The van der Waals surface area contributed by atoms with E-state index in [-0.39, 0.29) is 5.92 Å². The van der Waals surface area contributed by atoms with E-state index in [2.05, 4.69) is 22.5 Å². The molecule has 1 aliphatic heterocycles. The number of ether oxygens (including phenoxy) is 1. The smallest absolute Gasteiger partial charge is 0.250 e. The maximum absolute atomic E-state index is 12.1. The number of aromatic amines is 1. The molecule has 0 unspecified atom stereocenters. The van der Waals surface area contributed by atoms with Gasteiger partial charge >= 0.3 is 0 Å². The van der Waals surface area contributed by atoms with Crippen molar-refractivity contribution in [2.75, 3.05) is 18.1 Å². The number of H-pyrrole nitrogens is 1. The topological polar surface area (TPSA) is 109 Å². The molecule has 3 aromatic rings. The summed E-state index contributed by atoms with van der Waals surface area (Å²) in [5.74, 6) is 0.624. The largest absolute Gasteiger partial charge is 0.376 e. The summed E-state index contributed by atoms with van der Waals surface area (Å²) in [5, 5.41) is 3.06. The van der Waals surface area contributed by atoms with Crippen LogP contribution in [0.1, 0.15) is 46.5 Å². The summed E-state index contributed by atoms with van der Waals surface area (Å²) in [6.07, 6.45) is 3.39. The van der Waals surface area contributed by atoms with Crippen molar-refractivity contribution in [2.45, 2.75) is 32.3 Å². The van der Waals surface area contributed by atoms with Gasteiger partial charge in [0.1, 0.15) is 0 Å². The summed E-state index contributed by atoms with van der Waals surface area (Å²) in [6.45, 7) is 3.22. The van der Waals surface area contributed by atoms with Crippen molar-refractivity contribution in [3.05, 3.63) is 45.8 Å². The molecule has 0 atom stereocenters. The van der Waals surface area contributed by atoms with E-state index in [1.54, 1.807) is 11.3 Å². The molecule has 2 aromatic heterocycles. The number of aromatic nitrogens is 1. The second-order valence-corrected chi connectivity index (χ2v) is 10.9. The molecule has 29 heavy (non-hydrogen) atoms. The fourth-order valence-electron chi connectivity index (χ4n) is 3.98. The summed E-state index contributed by atoms with van der Waals surface area (Å²) in [4.78, 5) is 16.5. The van der Waals surface area contributed by atoms with Gasteiger partial charge in [-0.25, -0.2) is 0 Å². The van der Waals surface area contributed by atoms with Gasteiger partial charge in [0.15, 0.2) is 0 Å². The molecule has 0 radical (unpaired) electrons. The maximum atomic E-state index is 12.1. The minimum atomic E-state index is -2.43.